The predicted octanol–water partition coefficient (Wildman–Crippen LogP) is 3.46. The van der Waals surface area contributed by atoms with E-state index in [2.05, 4.69) is 10.1 Å². The average molecular weight is 449 g/mol. The minimum atomic E-state index is -4.46. The number of carbonyl (C=O) groups excluding carboxylic acids is 2. The summed E-state index contributed by atoms with van der Waals surface area (Å²) in [5, 5.41) is 4.16. The molecule has 32 heavy (non-hydrogen) atoms. The molecule has 0 unspecified atom stereocenters. The number of amides is 2. The van der Waals surface area contributed by atoms with E-state index in [0.717, 1.165) is 38.2 Å². The molecule has 2 aliphatic heterocycles. The first-order valence-electron chi connectivity index (χ1n) is 10.9. The lowest BCUT2D eigenvalue weighted by molar-refractivity contribution is -0.138. The van der Waals surface area contributed by atoms with E-state index < -0.39 is 11.7 Å². The van der Waals surface area contributed by atoms with E-state index in [9.17, 15) is 22.8 Å². The average Bonchev–Trinajstić information content (AvgIpc) is 3.19. The molecule has 2 saturated heterocycles. The van der Waals surface area contributed by atoms with Crippen molar-refractivity contribution in [1.82, 2.24) is 24.6 Å². The van der Waals surface area contributed by atoms with Gasteiger partial charge in [-0.05, 0) is 51.2 Å². The summed E-state index contributed by atoms with van der Waals surface area (Å²) in [5.74, 6) is 0.177. The van der Waals surface area contributed by atoms with E-state index >= 15 is 0 Å². The molecule has 0 radical (unpaired) electrons. The Morgan fingerprint density at radius 2 is 1.66 bits per heavy atom. The van der Waals surface area contributed by atoms with Crippen LogP contribution in [0.15, 0.2) is 24.5 Å². The van der Waals surface area contributed by atoms with Crippen molar-refractivity contribution in [2.45, 2.75) is 45.2 Å². The van der Waals surface area contributed by atoms with Gasteiger partial charge in [0.2, 0.25) is 5.91 Å². The zero-order chi connectivity index (χ0) is 22.9. The number of halogens is 3. The number of pyridine rings is 1. The predicted molar refractivity (Wildman–Crippen MR) is 110 cm³/mol. The summed E-state index contributed by atoms with van der Waals surface area (Å²) in [6.45, 7) is 4.33. The molecule has 0 atom stereocenters. The van der Waals surface area contributed by atoms with E-state index in [1.165, 1.54) is 23.4 Å². The van der Waals surface area contributed by atoms with E-state index in [-0.39, 0.29) is 23.6 Å². The van der Waals surface area contributed by atoms with Gasteiger partial charge in [-0.15, -0.1) is 0 Å². The fraction of sp³-hybridized carbons (Fsp3) is 0.545. The van der Waals surface area contributed by atoms with Crippen molar-refractivity contribution in [3.8, 4) is 5.82 Å². The van der Waals surface area contributed by atoms with Gasteiger partial charge < -0.3 is 9.80 Å². The van der Waals surface area contributed by atoms with Gasteiger partial charge in [0.1, 0.15) is 0 Å². The molecule has 0 aliphatic carbocycles. The summed E-state index contributed by atoms with van der Waals surface area (Å²) in [5.41, 5.74) is 0.0469. The summed E-state index contributed by atoms with van der Waals surface area (Å²) >= 11 is 0. The first kappa shape index (κ1) is 22.3. The molecule has 2 aromatic heterocycles. The standard InChI is InChI=1S/C22H26F3N5O2/c1-15-18(14-27-30(15)19-6-5-17(13-26-19)22(23,24)25)21(32)29-11-7-16(8-12-29)20(31)28-9-3-2-4-10-28/h5-6,13-14,16H,2-4,7-12H2,1H3. The molecule has 4 rings (SSSR count). The second kappa shape index (κ2) is 8.91. The number of piperidine rings is 2. The Labute approximate surface area is 184 Å². The number of hydrogen-bond acceptors (Lipinski definition) is 4. The molecule has 2 aliphatic rings. The van der Waals surface area contributed by atoms with Crippen molar-refractivity contribution >= 4 is 11.8 Å². The number of rotatable bonds is 3. The molecule has 10 heteroatoms. The van der Waals surface area contributed by atoms with Crippen molar-refractivity contribution in [2.24, 2.45) is 5.92 Å². The van der Waals surface area contributed by atoms with Gasteiger partial charge in [0, 0.05) is 38.3 Å². The van der Waals surface area contributed by atoms with E-state index in [4.69, 9.17) is 0 Å². The van der Waals surface area contributed by atoms with Crippen LogP contribution in [0.1, 0.15) is 53.7 Å². The molecular formula is C22H26F3N5O2. The first-order valence-corrected chi connectivity index (χ1v) is 10.9. The highest BCUT2D eigenvalue weighted by Gasteiger charge is 2.33. The lowest BCUT2D eigenvalue weighted by Gasteiger charge is -2.35. The first-order chi connectivity index (χ1) is 15.3. The van der Waals surface area contributed by atoms with Gasteiger partial charge in [-0.3, -0.25) is 9.59 Å². The molecule has 2 aromatic rings. The van der Waals surface area contributed by atoms with Crippen LogP contribution < -0.4 is 0 Å². The molecule has 0 spiro atoms. The van der Waals surface area contributed by atoms with Crippen LogP contribution >= 0.6 is 0 Å². The second-order valence-corrected chi connectivity index (χ2v) is 8.41. The molecule has 172 valence electrons. The third-order valence-corrected chi connectivity index (χ3v) is 6.33. The summed E-state index contributed by atoms with van der Waals surface area (Å²) in [6.07, 6.45) is 2.26. The molecule has 4 heterocycles. The monoisotopic (exact) mass is 449 g/mol. The van der Waals surface area contributed by atoms with Gasteiger partial charge in [-0.2, -0.15) is 18.3 Å². The molecule has 7 nitrogen and oxygen atoms in total. The SMILES string of the molecule is Cc1c(C(=O)N2CCC(C(=O)N3CCCCC3)CC2)cnn1-c1ccc(C(F)(F)F)cn1. The lowest BCUT2D eigenvalue weighted by Crippen LogP contribution is -2.45. The smallest absolute Gasteiger partial charge is 0.342 e. The van der Waals surface area contributed by atoms with Gasteiger partial charge in [0.25, 0.3) is 5.91 Å². The van der Waals surface area contributed by atoms with Crippen molar-refractivity contribution in [3.63, 3.8) is 0 Å². The van der Waals surface area contributed by atoms with Crippen LogP contribution in [-0.4, -0.2) is 62.6 Å². The Bertz CT molecular complexity index is 972. The van der Waals surface area contributed by atoms with Crippen LogP contribution in [0.2, 0.25) is 0 Å². The quantitative estimate of drug-likeness (QED) is 0.720. The highest BCUT2D eigenvalue weighted by atomic mass is 19.4. The van der Waals surface area contributed by atoms with Crippen molar-refractivity contribution in [3.05, 3.63) is 41.3 Å². The van der Waals surface area contributed by atoms with Crippen molar-refractivity contribution in [1.29, 1.82) is 0 Å². The largest absolute Gasteiger partial charge is 0.417 e. The molecule has 0 aromatic carbocycles. The second-order valence-electron chi connectivity index (χ2n) is 8.41. The number of carbonyl (C=O) groups is 2. The molecule has 2 fully saturated rings. The minimum absolute atomic E-state index is 0.0442. The maximum absolute atomic E-state index is 13.0. The van der Waals surface area contributed by atoms with Crippen molar-refractivity contribution in [2.75, 3.05) is 26.2 Å². The van der Waals surface area contributed by atoms with Crippen molar-refractivity contribution < 1.29 is 22.8 Å². The summed E-state index contributed by atoms with van der Waals surface area (Å²) < 4.78 is 39.7. The molecule has 2 amide bonds. The highest BCUT2D eigenvalue weighted by molar-refractivity contribution is 5.95. The van der Waals surface area contributed by atoms with Crippen LogP contribution in [0.25, 0.3) is 5.82 Å². The summed E-state index contributed by atoms with van der Waals surface area (Å²) in [7, 11) is 0. The van der Waals surface area contributed by atoms with E-state index in [0.29, 0.717) is 37.2 Å². The maximum Gasteiger partial charge on any atom is 0.417 e. The fourth-order valence-corrected chi connectivity index (χ4v) is 4.40. The lowest BCUT2D eigenvalue weighted by atomic mass is 9.94. The third-order valence-electron chi connectivity index (χ3n) is 6.33. The molecule has 0 saturated carbocycles. The Balaban J connectivity index is 1.40. The Kier molecular flexibility index (Phi) is 6.21. The minimum Gasteiger partial charge on any atom is -0.342 e. The number of alkyl halides is 3. The molecule has 0 bridgehead atoms. The topological polar surface area (TPSA) is 71.3 Å². The van der Waals surface area contributed by atoms with Gasteiger partial charge in [-0.1, -0.05) is 0 Å². The molecular weight excluding hydrogens is 423 g/mol. The van der Waals surface area contributed by atoms with Gasteiger partial charge >= 0.3 is 6.18 Å². The third kappa shape index (κ3) is 4.49. The van der Waals surface area contributed by atoms with Crippen LogP contribution in [0.5, 0.6) is 0 Å². The Morgan fingerprint density at radius 1 is 0.969 bits per heavy atom. The van der Waals surface area contributed by atoms with E-state index in [1.807, 2.05) is 4.90 Å². The summed E-state index contributed by atoms with van der Waals surface area (Å²) in [4.78, 5) is 33.3. The number of aromatic nitrogens is 3. The van der Waals surface area contributed by atoms with Crippen LogP contribution in [0.4, 0.5) is 13.2 Å². The van der Waals surface area contributed by atoms with Crippen LogP contribution in [-0.2, 0) is 11.0 Å². The summed E-state index contributed by atoms with van der Waals surface area (Å²) in [6, 6.07) is 2.17. The Hall–Kier alpha value is -2.91. The van der Waals surface area contributed by atoms with E-state index in [1.54, 1.807) is 11.8 Å². The van der Waals surface area contributed by atoms with Crippen LogP contribution in [0.3, 0.4) is 0 Å². The van der Waals surface area contributed by atoms with Gasteiger partial charge in [0.15, 0.2) is 5.82 Å². The number of nitrogens with zero attached hydrogens (tertiary/aromatic N) is 5. The number of hydrogen-bond donors (Lipinski definition) is 0. The normalized spacial score (nSPS) is 18.1. The van der Waals surface area contributed by atoms with Gasteiger partial charge in [0.05, 0.1) is 23.0 Å². The van der Waals surface area contributed by atoms with Gasteiger partial charge in [-0.25, -0.2) is 9.67 Å². The zero-order valence-corrected chi connectivity index (χ0v) is 17.9. The Morgan fingerprint density at radius 3 is 2.25 bits per heavy atom. The maximum atomic E-state index is 13.0. The highest BCUT2D eigenvalue weighted by Crippen LogP contribution is 2.29. The number of likely N-dealkylation sites (tertiary alicyclic amines) is 2. The zero-order valence-electron chi connectivity index (χ0n) is 17.9. The van der Waals surface area contributed by atoms with Crippen LogP contribution in [0, 0.1) is 12.8 Å². The molecule has 0 N–H and O–H groups in total. The fourth-order valence-electron chi connectivity index (χ4n) is 4.40.